The Labute approximate surface area is 343 Å². The number of carboxylic acids is 1. The molecule has 320 valence electrons. The van der Waals surface area contributed by atoms with Crippen molar-refractivity contribution in [3.8, 4) is 0 Å². The van der Waals surface area contributed by atoms with Gasteiger partial charge in [0.15, 0.2) is 0 Å². The second-order valence-corrected chi connectivity index (χ2v) is 16.1. The van der Waals surface area contributed by atoms with E-state index in [-0.39, 0.29) is 37.7 Å². The highest BCUT2D eigenvalue weighted by molar-refractivity contribution is 5.96. The Balaban J connectivity index is 2.39. The van der Waals surface area contributed by atoms with Crippen molar-refractivity contribution < 1.29 is 43.4 Å². The number of ether oxygens (including phenoxy) is 1. The molecule has 0 aliphatic heterocycles. The van der Waals surface area contributed by atoms with Crippen molar-refractivity contribution >= 4 is 41.6 Å². The van der Waals surface area contributed by atoms with Crippen LogP contribution in [0.2, 0.25) is 0 Å². The first kappa shape index (κ1) is 48.7. The molecule has 3 N–H and O–H groups in total. The van der Waals surface area contributed by atoms with Crippen molar-refractivity contribution in [2.45, 2.75) is 105 Å². The van der Waals surface area contributed by atoms with Crippen LogP contribution < -0.4 is 10.6 Å². The van der Waals surface area contributed by atoms with Crippen LogP contribution in [0.15, 0.2) is 60.7 Å². The maximum absolute atomic E-state index is 14.4. The summed E-state index contributed by atoms with van der Waals surface area (Å²) in [5.74, 6) is -4.59. The molecule has 6 amide bonds. The lowest BCUT2D eigenvalue weighted by Crippen LogP contribution is -2.60. The maximum atomic E-state index is 14.4. The number of nitrogens with one attached hydrogen (secondary N) is 2. The van der Waals surface area contributed by atoms with Crippen LogP contribution in [0.1, 0.15) is 72.4 Å². The number of carbonyl (C=O) groups excluding carboxylic acids is 6. The zero-order chi connectivity index (χ0) is 43.9. The second kappa shape index (κ2) is 23.1. The fourth-order valence-electron chi connectivity index (χ4n) is 6.37. The second-order valence-electron chi connectivity index (χ2n) is 16.1. The van der Waals surface area contributed by atoms with Gasteiger partial charge in [0.1, 0.15) is 43.4 Å². The molecule has 0 unspecified atom stereocenters. The van der Waals surface area contributed by atoms with E-state index in [1.807, 2.05) is 88.4 Å². The zero-order valence-corrected chi connectivity index (χ0v) is 35.9. The zero-order valence-electron chi connectivity index (χ0n) is 35.9. The molecule has 0 spiro atoms. The summed E-state index contributed by atoms with van der Waals surface area (Å²) in [4.78, 5) is 98.9. The molecule has 15 heteroatoms. The van der Waals surface area contributed by atoms with Crippen molar-refractivity contribution in [3.63, 3.8) is 0 Å². The van der Waals surface area contributed by atoms with Gasteiger partial charge in [-0.3, -0.25) is 33.7 Å². The Morgan fingerprint density at radius 1 is 0.621 bits per heavy atom. The standard InChI is InChI=1S/C43H64N6O9/c1-27(2)22-33(41(55)49(11)34(23-28(3)4)39(53)45-37(29(5)6)42(56)46(8)25-36(50)51)44-38(52)35(24-31-18-14-12-15-19-31)48(10)40(54)30(7)47(9)43(57)58-26-32-20-16-13-17-21-32/h12-21,27-30,33-35,37H,22-26H2,1-11H3,(H,44,52)(H,45,53)(H,50,51)/t30-,33-,34-,35-,37-/m0/s1. The molecule has 15 nitrogen and oxygen atoms in total. The predicted molar refractivity (Wildman–Crippen MR) is 220 cm³/mol. The first-order valence-corrected chi connectivity index (χ1v) is 19.7. The number of hydrogen-bond acceptors (Lipinski definition) is 8. The number of hydrogen-bond donors (Lipinski definition) is 3. The highest BCUT2D eigenvalue weighted by Gasteiger charge is 2.38. The van der Waals surface area contributed by atoms with Gasteiger partial charge in [0, 0.05) is 34.6 Å². The van der Waals surface area contributed by atoms with E-state index in [1.165, 1.54) is 42.9 Å². The summed E-state index contributed by atoms with van der Waals surface area (Å²) in [6.45, 7) is 12.0. The van der Waals surface area contributed by atoms with Gasteiger partial charge in [0.25, 0.3) is 0 Å². The number of carboxylic acid groups (broad SMARTS) is 1. The summed E-state index contributed by atoms with van der Waals surface area (Å²) < 4.78 is 5.44. The smallest absolute Gasteiger partial charge is 0.410 e. The molecule has 58 heavy (non-hydrogen) atoms. The molecule has 0 radical (unpaired) electrons. The Bertz CT molecular complexity index is 1690. The summed E-state index contributed by atoms with van der Waals surface area (Å²) in [6.07, 6.45) is -0.182. The van der Waals surface area contributed by atoms with Gasteiger partial charge in [-0.05, 0) is 48.6 Å². The van der Waals surface area contributed by atoms with Crippen LogP contribution in [0.4, 0.5) is 4.79 Å². The van der Waals surface area contributed by atoms with Crippen molar-refractivity contribution in [2.75, 3.05) is 34.7 Å². The lowest BCUT2D eigenvalue weighted by Gasteiger charge is -2.36. The third-order valence-electron chi connectivity index (χ3n) is 9.93. The molecule has 5 atom stereocenters. The minimum atomic E-state index is -1.20. The van der Waals surface area contributed by atoms with Gasteiger partial charge < -0.3 is 35.2 Å². The quantitative estimate of drug-likeness (QED) is 0.169. The topological polar surface area (TPSA) is 186 Å². The number of carbonyl (C=O) groups is 7. The van der Waals surface area contributed by atoms with Crippen LogP contribution in [0.25, 0.3) is 0 Å². The van der Waals surface area contributed by atoms with Crippen molar-refractivity contribution in [1.82, 2.24) is 30.2 Å². The SMILES string of the molecule is CC(C)C[C@H](NC(=O)[C@H](Cc1ccccc1)N(C)C(=O)[C@H](C)N(C)C(=O)OCc1ccccc1)C(=O)N(C)[C@@H](CC(C)C)C(=O)N[C@H](C(=O)N(C)CC(=O)O)C(C)C. The Morgan fingerprint density at radius 2 is 1.12 bits per heavy atom. The normalized spacial score (nSPS) is 13.8. The minimum Gasteiger partial charge on any atom is -0.480 e. The molecule has 0 saturated carbocycles. The number of rotatable bonds is 21. The number of likely N-dealkylation sites (N-methyl/N-ethyl adjacent to an activating group) is 4. The Kier molecular flexibility index (Phi) is 19.4. The van der Waals surface area contributed by atoms with Crippen LogP contribution in [0, 0.1) is 17.8 Å². The minimum absolute atomic E-state index is 0.0137. The molecule has 0 aromatic heterocycles. The van der Waals surface area contributed by atoms with Crippen LogP contribution in [-0.4, -0.2) is 131 Å². The third-order valence-corrected chi connectivity index (χ3v) is 9.93. The van der Waals surface area contributed by atoms with E-state index in [1.54, 1.807) is 20.8 Å². The van der Waals surface area contributed by atoms with E-state index in [4.69, 9.17) is 4.74 Å². The lowest BCUT2D eigenvalue weighted by atomic mass is 9.96. The van der Waals surface area contributed by atoms with Gasteiger partial charge in [0.2, 0.25) is 29.5 Å². The van der Waals surface area contributed by atoms with E-state index in [9.17, 15) is 38.7 Å². The molecular formula is C43H64N6O9. The summed E-state index contributed by atoms with van der Waals surface area (Å²) in [5, 5.41) is 14.9. The molecule has 0 heterocycles. The molecule has 0 fully saturated rings. The largest absolute Gasteiger partial charge is 0.480 e. The van der Waals surface area contributed by atoms with Crippen LogP contribution in [-0.2, 0) is 46.5 Å². The van der Waals surface area contributed by atoms with E-state index in [0.717, 1.165) is 16.0 Å². The molecule has 0 saturated heterocycles. The monoisotopic (exact) mass is 808 g/mol. The summed E-state index contributed by atoms with van der Waals surface area (Å²) in [7, 11) is 5.74. The van der Waals surface area contributed by atoms with Crippen molar-refractivity contribution in [1.29, 1.82) is 0 Å². The molecule has 0 aliphatic rings. The van der Waals surface area contributed by atoms with Gasteiger partial charge in [-0.2, -0.15) is 0 Å². The summed E-state index contributed by atoms with van der Waals surface area (Å²) >= 11 is 0. The molecule has 0 aliphatic carbocycles. The lowest BCUT2D eigenvalue weighted by molar-refractivity contribution is -0.147. The number of amides is 6. The van der Waals surface area contributed by atoms with Gasteiger partial charge in [0.05, 0.1) is 0 Å². The third kappa shape index (κ3) is 14.8. The molecule has 2 aromatic carbocycles. The van der Waals surface area contributed by atoms with Gasteiger partial charge in [-0.1, -0.05) is 102 Å². The number of nitrogens with zero attached hydrogens (tertiary/aromatic N) is 4. The number of aliphatic carboxylic acids is 1. The fourth-order valence-corrected chi connectivity index (χ4v) is 6.37. The average Bonchev–Trinajstić information content (AvgIpc) is 3.17. The van der Waals surface area contributed by atoms with Crippen LogP contribution in [0.5, 0.6) is 0 Å². The van der Waals surface area contributed by atoms with Crippen LogP contribution in [0.3, 0.4) is 0 Å². The number of benzene rings is 2. The first-order chi connectivity index (χ1) is 27.2. The van der Waals surface area contributed by atoms with E-state index < -0.39 is 84.3 Å². The van der Waals surface area contributed by atoms with Crippen LogP contribution >= 0.6 is 0 Å². The van der Waals surface area contributed by atoms with Gasteiger partial charge in [-0.15, -0.1) is 0 Å². The molecule has 2 aromatic rings. The highest BCUT2D eigenvalue weighted by Crippen LogP contribution is 2.18. The summed E-state index contributed by atoms with van der Waals surface area (Å²) in [6, 6.07) is 12.9. The van der Waals surface area contributed by atoms with Crippen molar-refractivity contribution in [2.24, 2.45) is 17.8 Å². The predicted octanol–water partition coefficient (Wildman–Crippen LogP) is 3.80. The maximum Gasteiger partial charge on any atom is 0.410 e. The molecule has 2 rings (SSSR count). The Hall–Kier alpha value is -5.47. The average molecular weight is 809 g/mol. The van der Waals surface area contributed by atoms with E-state index in [2.05, 4.69) is 10.6 Å². The van der Waals surface area contributed by atoms with E-state index in [0.29, 0.717) is 0 Å². The highest BCUT2D eigenvalue weighted by atomic mass is 16.6. The van der Waals surface area contributed by atoms with Gasteiger partial charge >= 0.3 is 12.1 Å². The Morgan fingerprint density at radius 3 is 1.62 bits per heavy atom. The van der Waals surface area contributed by atoms with Gasteiger partial charge in [-0.25, -0.2) is 4.79 Å². The summed E-state index contributed by atoms with van der Waals surface area (Å²) in [5.41, 5.74) is 1.54. The molecule has 0 bridgehead atoms. The molecular weight excluding hydrogens is 745 g/mol. The van der Waals surface area contributed by atoms with Crippen molar-refractivity contribution in [3.05, 3.63) is 71.8 Å². The fraction of sp³-hybridized carbons (Fsp3) is 0.558. The first-order valence-electron chi connectivity index (χ1n) is 19.7. The van der Waals surface area contributed by atoms with E-state index >= 15 is 0 Å².